The van der Waals surface area contributed by atoms with E-state index in [1.54, 1.807) is 12.1 Å². The van der Waals surface area contributed by atoms with Crippen LogP contribution >= 0.6 is 54.5 Å². The number of nitrogens with one attached hydrogen (secondary N) is 1. The molecule has 2 rings (SSSR count). The summed E-state index contributed by atoms with van der Waals surface area (Å²) in [6, 6.07) is 8.39. The van der Waals surface area contributed by atoms with Crippen molar-refractivity contribution in [2.24, 2.45) is 0 Å². The number of carbonyl (C=O) groups is 1. The molecule has 0 saturated heterocycles. The lowest BCUT2D eigenvalue weighted by molar-refractivity contribution is 0.102. The summed E-state index contributed by atoms with van der Waals surface area (Å²) >= 11 is 8.55. The lowest BCUT2D eigenvalue weighted by atomic mass is 10.1. The molecule has 0 saturated carbocycles. The molecule has 0 atom stereocenters. The van der Waals surface area contributed by atoms with Crippen LogP contribution in [0.25, 0.3) is 0 Å². The van der Waals surface area contributed by atoms with Crippen LogP contribution in [0, 0.1) is 16.3 Å². The molecule has 0 aromatic heterocycles. The van der Waals surface area contributed by atoms with Crippen molar-refractivity contribution >= 4 is 66.0 Å². The van der Waals surface area contributed by atoms with Crippen molar-refractivity contribution in [3.63, 3.8) is 0 Å². The maximum Gasteiger partial charge on any atom is 0.256 e. The van der Waals surface area contributed by atoms with Gasteiger partial charge in [0.25, 0.3) is 5.91 Å². The fraction of sp³-hybridized carbons (Fsp3) is 0.0714. The van der Waals surface area contributed by atoms with Crippen LogP contribution in [0.15, 0.2) is 39.3 Å². The number of carbonyl (C=O) groups excluding carboxylic acids is 1. The zero-order chi connectivity index (χ0) is 14.9. The molecular weight excluding hydrogens is 504 g/mol. The summed E-state index contributed by atoms with van der Waals surface area (Å²) in [5.74, 6) is -0.671. The second kappa shape index (κ2) is 6.53. The molecule has 104 valence electrons. The number of hydrogen-bond acceptors (Lipinski definition) is 1. The van der Waals surface area contributed by atoms with E-state index >= 15 is 0 Å². The first kappa shape index (κ1) is 15.9. The summed E-state index contributed by atoms with van der Waals surface area (Å²) in [4.78, 5) is 12.3. The highest BCUT2D eigenvalue weighted by atomic mass is 127. The minimum Gasteiger partial charge on any atom is -0.322 e. The molecule has 0 heterocycles. The molecule has 1 amide bonds. The van der Waals surface area contributed by atoms with Crippen LogP contribution in [0.5, 0.6) is 0 Å². The Morgan fingerprint density at radius 3 is 2.65 bits per heavy atom. The van der Waals surface area contributed by atoms with Crippen LogP contribution in [0.2, 0.25) is 0 Å². The van der Waals surface area contributed by atoms with Gasteiger partial charge in [-0.3, -0.25) is 4.79 Å². The van der Waals surface area contributed by atoms with E-state index in [4.69, 9.17) is 0 Å². The summed E-state index contributed by atoms with van der Waals surface area (Å²) in [6.45, 7) is 1.81. The maximum atomic E-state index is 13.5. The van der Waals surface area contributed by atoms with E-state index in [1.165, 1.54) is 6.07 Å². The molecule has 6 heteroatoms. The van der Waals surface area contributed by atoms with Crippen molar-refractivity contribution < 1.29 is 9.18 Å². The Balaban J connectivity index is 2.32. The van der Waals surface area contributed by atoms with Gasteiger partial charge in [-0.1, -0.05) is 15.9 Å². The summed E-state index contributed by atoms with van der Waals surface area (Å²) in [6.07, 6.45) is 0. The zero-order valence-corrected chi connectivity index (χ0v) is 15.6. The number of amides is 1. The van der Waals surface area contributed by atoms with Crippen LogP contribution in [0.3, 0.4) is 0 Å². The molecule has 0 aliphatic carbocycles. The van der Waals surface area contributed by atoms with E-state index in [-0.39, 0.29) is 5.91 Å². The van der Waals surface area contributed by atoms with Crippen molar-refractivity contribution in [2.75, 3.05) is 5.32 Å². The second-order valence-electron chi connectivity index (χ2n) is 4.16. The Bertz CT molecular complexity index is 691. The van der Waals surface area contributed by atoms with Gasteiger partial charge < -0.3 is 5.32 Å². The van der Waals surface area contributed by atoms with Crippen LogP contribution in [-0.2, 0) is 0 Å². The molecular formula is C14H9Br2FINO. The van der Waals surface area contributed by atoms with E-state index in [9.17, 15) is 9.18 Å². The Morgan fingerprint density at radius 1 is 1.25 bits per heavy atom. The van der Waals surface area contributed by atoms with E-state index < -0.39 is 5.82 Å². The van der Waals surface area contributed by atoms with Crippen LogP contribution in [0.1, 0.15) is 15.9 Å². The summed E-state index contributed by atoms with van der Waals surface area (Å²) in [5, 5.41) is 2.74. The molecule has 0 spiro atoms. The zero-order valence-electron chi connectivity index (χ0n) is 10.3. The number of anilines is 1. The van der Waals surface area contributed by atoms with Gasteiger partial charge in [0.2, 0.25) is 0 Å². The SMILES string of the molecule is Cc1cc(Br)c(F)cc1NC(=O)c1cc(Br)ccc1I. The fourth-order valence-corrected chi connectivity index (χ4v) is 3.04. The topological polar surface area (TPSA) is 29.1 Å². The van der Waals surface area contributed by atoms with Gasteiger partial charge in [-0.25, -0.2) is 4.39 Å². The fourth-order valence-electron chi connectivity index (χ4n) is 1.64. The lowest BCUT2D eigenvalue weighted by Crippen LogP contribution is -2.14. The molecule has 2 aromatic rings. The monoisotopic (exact) mass is 511 g/mol. The highest BCUT2D eigenvalue weighted by molar-refractivity contribution is 14.1. The molecule has 0 unspecified atom stereocenters. The number of hydrogen-bond donors (Lipinski definition) is 1. The molecule has 0 aliphatic rings. The van der Waals surface area contributed by atoms with Gasteiger partial charge in [0.05, 0.1) is 10.0 Å². The Labute approximate surface area is 146 Å². The normalized spacial score (nSPS) is 10.4. The van der Waals surface area contributed by atoms with E-state index in [2.05, 4.69) is 59.8 Å². The number of rotatable bonds is 2. The molecule has 0 bridgehead atoms. The van der Waals surface area contributed by atoms with Gasteiger partial charge in [0, 0.05) is 13.7 Å². The summed E-state index contributed by atoms with van der Waals surface area (Å²) < 4.78 is 15.6. The van der Waals surface area contributed by atoms with Crippen LogP contribution in [-0.4, -0.2) is 5.91 Å². The Hall–Kier alpha value is -0.470. The summed E-state index contributed by atoms with van der Waals surface area (Å²) in [5.41, 5.74) is 1.80. The molecule has 0 fully saturated rings. The first-order chi connectivity index (χ1) is 9.38. The first-order valence-corrected chi connectivity index (χ1v) is 8.27. The average Bonchev–Trinajstić information content (AvgIpc) is 2.38. The average molecular weight is 513 g/mol. The molecule has 0 aliphatic heterocycles. The predicted octanol–water partition coefficient (Wildman–Crippen LogP) is 5.52. The van der Waals surface area contributed by atoms with Crippen LogP contribution < -0.4 is 5.32 Å². The van der Waals surface area contributed by atoms with Gasteiger partial charge in [0.15, 0.2) is 0 Å². The van der Waals surface area contributed by atoms with Gasteiger partial charge >= 0.3 is 0 Å². The molecule has 20 heavy (non-hydrogen) atoms. The maximum absolute atomic E-state index is 13.5. The lowest BCUT2D eigenvalue weighted by Gasteiger charge is -2.11. The first-order valence-electron chi connectivity index (χ1n) is 5.60. The third-order valence-corrected chi connectivity index (χ3v) is 4.73. The minimum atomic E-state index is -0.408. The Kier molecular flexibility index (Phi) is 5.19. The molecule has 2 nitrogen and oxygen atoms in total. The third-order valence-electron chi connectivity index (χ3n) is 2.69. The standard InChI is InChI=1S/C14H9Br2FINO/c1-7-4-10(16)11(17)6-13(7)19-14(20)9-5-8(15)2-3-12(9)18/h2-6H,1H3,(H,19,20). The molecule has 0 radical (unpaired) electrons. The molecule has 1 N–H and O–H groups in total. The smallest absolute Gasteiger partial charge is 0.256 e. The number of halogens is 4. The van der Waals surface area contributed by atoms with Crippen molar-refractivity contribution in [2.45, 2.75) is 6.92 Å². The largest absolute Gasteiger partial charge is 0.322 e. The molecule has 2 aromatic carbocycles. The number of aryl methyl sites for hydroxylation is 1. The van der Waals surface area contributed by atoms with Crippen LogP contribution in [0.4, 0.5) is 10.1 Å². The van der Waals surface area contributed by atoms with Gasteiger partial charge in [-0.2, -0.15) is 0 Å². The number of benzene rings is 2. The van der Waals surface area contributed by atoms with Gasteiger partial charge in [0.1, 0.15) is 5.82 Å². The summed E-state index contributed by atoms with van der Waals surface area (Å²) in [7, 11) is 0. The highest BCUT2D eigenvalue weighted by Gasteiger charge is 2.13. The van der Waals surface area contributed by atoms with Gasteiger partial charge in [-0.15, -0.1) is 0 Å². The third kappa shape index (κ3) is 3.59. The quantitative estimate of drug-likeness (QED) is 0.528. The van der Waals surface area contributed by atoms with Crippen molar-refractivity contribution in [1.29, 1.82) is 0 Å². The van der Waals surface area contributed by atoms with E-state index in [0.29, 0.717) is 15.7 Å². The highest BCUT2D eigenvalue weighted by Crippen LogP contribution is 2.25. The van der Waals surface area contributed by atoms with Crippen molar-refractivity contribution in [3.8, 4) is 0 Å². The van der Waals surface area contributed by atoms with E-state index in [0.717, 1.165) is 13.6 Å². The second-order valence-corrected chi connectivity index (χ2v) is 7.09. The van der Waals surface area contributed by atoms with Crippen molar-refractivity contribution in [1.82, 2.24) is 0 Å². The van der Waals surface area contributed by atoms with E-state index in [1.807, 2.05) is 19.1 Å². The van der Waals surface area contributed by atoms with Crippen molar-refractivity contribution in [3.05, 3.63) is 59.8 Å². The minimum absolute atomic E-state index is 0.263. The predicted molar refractivity (Wildman–Crippen MR) is 93.6 cm³/mol. The van der Waals surface area contributed by atoms with Gasteiger partial charge in [-0.05, 0) is 81.3 Å². The Morgan fingerprint density at radius 2 is 1.95 bits per heavy atom.